The maximum Gasteiger partial charge on any atom is 0.413 e. The third-order valence-electron chi connectivity index (χ3n) is 5.88. The van der Waals surface area contributed by atoms with Crippen LogP contribution in [0.15, 0.2) is 30.3 Å². The predicted molar refractivity (Wildman–Crippen MR) is 131 cm³/mol. The third kappa shape index (κ3) is 8.40. The van der Waals surface area contributed by atoms with E-state index in [-0.39, 0.29) is 13.1 Å². The molecule has 1 aliphatic heterocycles. The minimum absolute atomic E-state index is 0.212. The molecule has 1 saturated heterocycles. The SMILES string of the molecule is COC(=O)[C@@H]1CN(CCC(C)(C)[C@H](NC(=O)Oc2ccccc2)C(=O)O)CCN1C(=O)OC(C)(C)C. The van der Waals surface area contributed by atoms with Crippen molar-refractivity contribution < 1.29 is 38.5 Å². The van der Waals surface area contributed by atoms with Crippen LogP contribution in [-0.4, -0.2) is 90.0 Å². The Morgan fingerprint density at radius 2 is 1.72 bits per heavy atom. The number of carbonyl (C=O) groups is 4. The molecule has 0 unspecified atom stereocenters. The Morgan fingerprint density at radius 1 is 1.08 bits per heavy atom. The molecule has 2 atom stereocenters. The van der Waals surface area contributed by atoms with E-state index >= 15 is 0 Å². The number of hydrogen-bond acceptors (Lipinski definition) is 8. The van der Waals surface area contributed by atoms with Gasteiger partial charge in [-0.3, -0.25) is 9.80 Å². The first kappa shape index (κ1) is 28.9. The van der Waals surface area contributed by atoms with Gasteiger partial charge >= 0.3 is 24.1 Å². The third-order valence-corrected chi connectivity index (χ3v) is 5.88. The second-order valence-corrected chi connectivity index (χ2v) is 10.4. The monoisotopic (exact) mass is 507 g/mol. The van der Waals surface area contributed by atoms with Crippen LogP contribution in [0.4, 0.5) is 9.59 Å². The Kier molecular flexibility index (Phi) is 9.69. The lowest BCUT2D eigenvalue weighted by Crippen LogP contribution is -2.59. The zero-order valence-electron chi connectivity index (χ0n) is 21.8. The van der Waals surface area contributed by atoms with Crippen LogP contribution in [0.1, 0.15) is 41.0 Å². The maximum absolute atomic E-state index is 12.6. The second-order valence-electron chi connectivity index (χ2n) is 10.4. The molecule has 1 aliphatic rings. The number of methoxy groups -OCH3 is 1. The number of benzene rings is 1. The minimum Gasteiger partial charge on any atom is -0.480 e. The Labute approximate surface area is 211 Å². The first-order chi connectivity index (χ1) is 16.7. The minimum atomic E-state index is -1.21. The number of nitrogens with one attached hydrogen (secondary N) is 1. The number of piperazine rings is 1. The highest BCUT2D eigenvalue weighted by Gasteiger charge is 2.40. The van der Waals surface area contributed by atoms with Crippen LogP contribution in [0.3, 0.4) is 0 Å². The van der Waals surface area contributed by atoms with E-state index in [0.29, 0.717) is 25.3 Å². The summed E-state index contributed by atoms with van der Waals surface area (Å²) in [5.41, 5.74) is -1.57. The molecule has 36 heavy (non-hydrogen) atoms. The zero-order valence-corrected chi connectivity index (χ0v) is 21.8. The van der Waals surface area contributed by atoms with Gasteiger partial charge in [-0.25, -0.2) is 19.2 Å². The van der Waals surface area contributed by atoms with Crippen LogP contribution in [0.2, 0.25) is 0 Å². The lowest BCUT2D eigenvalue weighted by Gasteiger charge is -2.41. The largest absolute Gasteiger partial charge is 0.480 e. The first-order valence-corrected chi connectivity index (χ1v) is 11.8. The summed E-state index contributed by atoms with van der Waals surface area (Å²) in [6, 6.07) is 6.29. The quantitative estimate of drug-likeness (QED) is 0.509. The molecule has 2 N–H and O–H groups in total. The van der Waals surface area contributed by atoms with Crippen LogP contribution >= 0.6 is 0 Å². The van der Waals surface area contributed by atoms with E-state index in [2.05, 4.69) is 5.32 Å². The Morgan fingerprint density at radius 3 is 2.28 bits per heavy atom. The van der Waals surface area contributed by atoms with Gasteiger partial charge in [0, 0.05) is 19.6 Å². The molecule has 0 saturated carbocycles. The molecule has 2 amide bonds. The molecule has 1 aromatic carbocycles. The van der Waals surface area contributed by atoms with Gasteiger partial charge in [0.1, 0.15) is 23.4 Å². The molecule has 200 valence electrons. The van der Waals surface area contributed by atoms with E-state index in [1.807, 2.05) is 4.90 Å². The second kappa shape index (κ2) is 12.1. The van der Waals surface area contributed by atoms with Crippen molar-refractivity contribution in [3.8, 4) is 5.75 Å². The van der Waals surface area contributed by atoms with E-state index in [4.69, 9.17) is 14.2 Å². The fourth-order valence-electron chi connectivity index (χ4n) is 3.84. The fourth-order valence-corrected chi connectivity index (χ4v) is 3.84. The van der Waals surface area contributed by atoms with E-state index in [0.717, 1.165) is 0 Å². The van der Waals surface area contributed by atoms with Gasteiger partial charge < -0.3 is 24.6 Å². The fraction of sp³-hybridized carbons (Fsp3) is 0.600. The summed E-state index contributed by atoms with van der Waals surface area (Å²) in [7, 11) is 1.26. The van der Waals surface area contributed by atoms with Gasteiger partial charge in [-0.1, -0.05) is 32.0 Å². The van der Waals surface area contributed by atoms with Gasteiger partial charge in [-0.05, 0) is 51.3 Å². The molecule has 0 radical (unpaired) electrons. The average molecular weight is 508 g/mol. The number of aliphatic carboxylic acids is 1. The number of carboxylic acid groups (broad SMARTS) is 1. The van der Waals surface area contributed by atoms with E-state index in [1.165, 1.54) is 12.0 Å². The van der Waals surface area contributed by atoms with Gasteiger partial charge in [0.2, 0.25) is 0 Å². The molecule has 11 nitrogen and oxygen atoms in total. The Balaban J connectivity index is 2.02. The zero-order chi connectivity index (χ0) is 27.1. The number of nitrogens with zero attached hydrogens (tertiary/aromatic N) is 2. The number of para-hydroxylation sites is 1. The summed E-state index contributed by atoms with van der Waals surface area (Å²) < 4.78 is 15.5. The summed E-state index contributed by atoms with van der Waals surface area (Å²) in [6.07, 6.45) is -1.07. The molecule has 0 aromatic heterocycles. The van der Waals surface area contributed by atoms with Gasteiger partial charge in [0.05, 0.1) is 7.11 Å². The number of carbonyl (C=O) groups excluding carboxylic acids is 3. The molecule has 2 rings (SSSR count). The number of esters is 1. The molecule has 1 aromatic rings. The van der Waals surface area contributed by atoms with Crippen molar-refractivity contribution in [1.29, 1.82) is 0 Å². The molecule has 0 bridgehead atoms. The number of ether oxygens (including phenoxy) is 3. The van der Waals surface area contributed by atoms with Crippen LogP contribution in [0, 0.1) is 5.41 Å². The molecule has 11 heteroatoms. The number of amides is 2. The summed E-state index contributed by atoms with van der Waals surface area (Å²) >= 11 is 0. The normalized spacial score (nSPS) is 17.6. The highest BCUT2D eigenvalue weighted by Crippen LogP contribution is 2.27. The maximum atomic E-state index is 12.6. The predicted octanol–water partition coefficient (Wildman–Crippen LogP) is 2.74. The Hall–Kier alpha value is -3.34. The van der Waals surface area contributed by atoms with E-state index in [1.54, 1.807) is 65.0 Å². The van der Waals surface area contributed by atoms with Gasteiger partial charge in [-0.2, -0.15) is 0 Å². The van der Waals surface area contributed by atoms with Crippen LogP contribution in [0.5, 0.6) is 5.75 Å². The number of hydrogen-bond donors (Lipinski definition) is 2. The summed E-state index contributed by atoms with van der Waals surface area (Å²) in [6.45, 7) is 10.1. The summed E-state index contributed by atoms with van der Waals surface area (Å²) in [5, 5.41) is 12.2. The van der Waals surface area contributed by atoms with Gasteiger partial charge in [0.25, 0.3) is 0 Å². The molecule has 1 heterocycles. The van der Waals surface area contributed by atoms with Crippen molar-refractivity contribution in [3.63, 3.8) is 0 Å². The first-order valence-electron chi connectivity index (χ1n) is 11.8. The van der Waals surface area contributed by atoms with E-state index in [9.17, 15) is 24.3 Å². The highest BCUT2D eigenvalue weighted by atomic mass is 16.6. The summed E-state index contributed by atoms with van der Waals surface area (Å²) in [5.74, 6) is -1.44. The molecule has 0 aliphatic carbocycles. The number of carboxylic acids is 1. The van der Waals surface area contributed by atoms with E-state index < -0.39 is 47.2 Å². The average Bonchev–Trinajstić information content (AvgIpc) is 2.79. The van der Waals surface area contributed by atoms with Crippen LogP contribution < -0.4 is 10.1 Å². The van der Waals surface area contributed by atoms with Crippen molar-refractivity contribution in [2.75, 3.05) is 33.3 Å². The standard InChI is InChI=1S/C25H37N3O8/c1-24(2,3)36-23(33)28-15-14-27(16-18(28)21(31)34-6)13-12-25(4,5)19(20(29)30)26-22(32)35-17-10-8-7-9-11-17/h7-11,18-19H,12-16H2,1-6H3,(H,26,32)(H,29,30)/t18-,19+/m0/s1. The van der Waals surface area contributed by atoms with Crippen molar-refractivity contribution >= 4 is 24.1 Å². The lowest BCUT2D eigenvalue weighted by molar-refractivity contribution is -0.149. The van der Waals surface area contributed by atoms with Crippen LogP contribution in [-0.2, 0) is 19.1 Å². The molecule has 0 spiro atoms. The Bertz CT molecular complexity index is 929. The number of rotatable bonds is 8. The van der Waals surface area contributed by atoms with Crippen molar-refractivity contribution in [1.82, 2.24) is 15.1 Å². The topological polar surface area (TPSA) is 135 Å². The van der Waals surface area contributed by atoms with Crippen molar-refractivity contribution in [3.05, 3.63) is 30.3 Å². The van der Waals surface area contributed by atoms with Gasteiger partial charge in [-0.15, -0.1) is 0 Å². The molecule has 1 fully saturated rings. The molecular weight excluding hydrogens is 470 g/mol. The lowest BCUT2D eigenvalue weighted by atomic mass is 9.81. The smallest absolute Gasteiger partial charge is 0.413 e. The summed E-state index contributed by atoms with van der Waals surface area (Å²) in [4.78, 5) is 52.7. The highest BCUT2D eigenvalue weighted by molar-refractivity contribution is 5.82. The van der Waals surface area contributed by atoms with Crippen molar-refractivity contribution in [2.24, 2.45) is 5.41 Å². The van der Waals surface area contributed by atoms with Crippen LogP contribution in [0.25, 0.3) is 0 Å². The van der Waals surface area contributed by atoms with Gasteiger partial charge in [0.15, 0.2) is 0 Å². The molecular formula is C25H37N3O8. The van der Waals surface area contributed by atoms with Crippen molar-refractivity contribution in [2.45, 2.75) is 58.7 Å².